The molecule has 0 radical (unpaired) electrons. The minimum Gasteiger partial charge on any atom is -0.393 e. The predicted octanol–water partition coefficient (Wildman–Crippen LogP) is 1.82. The van der Waals surface area contributed by atoms with E-state index in [0.717, 1.165) is 5.69 Å². The second kappa shape index (κ2) is 5.96. The van der Waals surface area contributed by atoms with Gasteiger partial charge in [0.1, 0.15) is 22.7 Å². The summed E-state index contributed by atoms with van der Waals surface area (Å²) in [4.78, 5) is 12.6. The second-order valence-electron chi connectivity index (χ2n) is 5.69. The highest BCUT2D eigenvalue weighted by Crippen LogP contribution is 2.30. The molecular formula is C17H15FN8. The van der Waals surface area contributed by atoms with Crippen LogP contribution in [0.15, 0.2) is 42.6 Å². The van der Waals surface area contributed by atoms with Crippen molar-refractivity contribution >= 4 is 28.2 Å². The van der Waals surface area contributed by atoms with E-state index in [2.05, 4.69) is 20.1 Å². The zero-order valence-corrected chi connectivity index (χ0v) is 13.6. The third-order valence-electron chi connectivity index (χ3n) is 3.98. The minimum absolute atomic E-state index is 0.0522. The molecule has 0 unspecified atom stereocenters. The Morgan fingerprint density at radius 2 is 1.73 bits per heavy atom. The highest BCUT2D eigenvalue weighted by Gasteiger charge is 2.19. The lowest BCUT2D eigenvalue weighted by molar-refractivity contribution is 0.614. The first-order valence-corrected chi connectivity index (χ1v) is 7.78. The number of benzene rings is 1. The van der Waals surface area contributed by atoms with Crippen LogP contribution in [0.3, 0.4) is 0 Å². The topological polar surface area (TPSA) is 135 Å². The molecule has 0 saturated heterocycles. The monoisotopic (exact) mass is 350 g/mol. The Labute approximate surface area is 147 Å². The van der Waals surface area contributed by atoms with Crippen LogP contribution < -0.4 is 17.2 Å². The fraction of sp³-hybridized carbons (Fsp3) is 0.0588. The van der Waals surface area contributed by atoms with E-state index < -0.39 is 5.82 Å². The van der Waals surface area contributed by atoms with Gasteiger partial charge >= 0.3 is 0 Å². The first-order chi connectivity index (χ1) is 12.5. The van der Waals surface area contributed by atoms with E-state index in [-0.39, 0.29) is 29.7 Å². The van der Waals surface area contributed by atoms with Crippen molar-refractivity contribution in [1.29, 1.82) is 0 Å². The summed E-state index contributed by atoms with van der Waals surface area (Å²) in [7, 11) is 0. The van der Waals surface area contributed by atoms with Gasteiger partial charge in [0.25, 0.3) is 0 Å². The number of nitrogens with zero attached hydrogens (tertiary/aromatic N) is 5. The summed E-state index contributed by atoms with van der Waals surface area (Å²) in [5.74, 6) is -0.120. The van der Waals surface area contributed by atoms with Gasteiger partial charge in [-0.15, -0.1) is 0 Å². The van der Waals surface area contributed by atoms with Crippen LogP contribution in [-0.4, -0.2) is 24.7 Å². The number of para-hydroxylation sites is 1. The summed E-state index contributed by atoms with van der Waals surface area (Å²) >= 11 is 0. The first-order valence-electron chi connectivity index (χ1n) is 7.78. The maximum atomic E-state index is 14.5. The maximum absolute atomic E-state index is 14.5. The van der Waals surface area contributed by atoms with Crippen molar-refractivity contribution in [3.8, 4) is 11.5 Å². The summed E-state index contributed by atoms with van der Waals surface area (Å²) < 4.78 is 16.0. The summed E-state index contributed by atoms with van der Waals surface area (Å²) in [6, 6.07) is 10.2. The van der Waals surface area contributed by atoms with E-state index in [1.165, 1.54) is 10.7 Å². The van der Waals surface area contributed by atoms with Gasteiger partial charge in [-0.05, 0) is 18.2 Å². The molecule has 0 aliphatic carbocycles. The van der Waals surface area contributed by atoms with Crippen LogP contribution in [0.2, 0.25) is 0 Å². The van der Waals surface area contributed by atoms with Crippen molar-refractivity contribution in [2.75, 3.05) is 17.2 Å². The highest BCUT2D eigenvalue weighted by molar-refractivity contribution is 5.93. The quantitative estimate of drug-likeness (QED) is 0.513. The molecule has 26 heavy (non-hydrogen) atoms. The Morgan fingerprint density at radius 1 is 0.962 bits per heavy atom. The van der Waals surface area contributed by atoms with Crippen LogP contribution in [-0.2, 0) is 6.54 Å². The summed E-state index contributed by atoms with van der Waals surface area (Å²) in [6.45, 7) is 0.290. The van der Waals surface area contributed by atoms with E-state index >= 15 is 0 Å². The predicted molar refractivity (Wildman–Crippen MR) is 97.3 cm³/mol. The smallest absolute Gasteiger partial charge is 0.184 e. The Kier molecular flexibility index (Phi) is 3.61. The highest BCUT2D eigenvalue weighted by atomic mass is 19.1. The Balaban J connectivity index is 1.93. The number of hydrogen-bond donors (Lipinski definition) is 3. The maximum Gasteiger partial charge on any atom is 0.184 e. The Morgan fingerprint density at radius 3 is 2.42 bits per heavy atom. The van der Waals surface area contributed by atoms with E-state index in [1.54, 1.807) is 18.3 Å². The van der Waals surface area contributed by atoms with E-state index in [4.69, 9.17) is 17.2 Å². The van der Waals surface area contributed by atoms with Crippen molar-refractivity contribution in [1.82, 2.24) is 24.7 Å². The molecule has 0 spiro atoms. The number of rotatable bonds is 3. The van der Waals surface area contributed by atoms with Gasteiger partial charge in [-0.25, -0.2) is 14.4 Å². The van der Waals surface area contributed by atoms with Gasteiger partial charge < -0.3 is 17.2 Å². The molecule has 0 aliphatic rings. The molecule has 0 amide bonds. The number of aromatic nitrogens is 5. The summed E-state index contributed by atoms with van der Waals surface area (Å²) in [5.41, 5.74) is 18.8. The van der Waals surface area contributed by atoms with Crippen molar-refractivity contribution in [3.63, 3.8) is 0 Å². The van der Waals surface area contributed by atoms with Gasteiger partial charge in [-0.1, -0.05) is 18.2 Å². The zero-order chi connectivity index (χ0) is 18.3. The molecule has 130 valence electrons. The SMILES string of the molecule is Nc1nc(-c2nn(Cc3ccccn3)c3c(F)cccc23)nc(N)c1N. The van der Waals surface area contributed by atoms with Crippen molar-refractivity contribution in [2.45, 2.75) is 6.54 Å². The van der Waals surface area contributed by atoms with E-state index in [9.17, 15) is 4.39 Å². The Hall–Kier alpha value is -3.75. The number of anilines is 3. The normalized spacial score (nSPS) is 11.1. The van der Waals surface area contributed by atoms with Crippen LogP contribution in [0.5, 0.6) is 0 Å². The number of pyridine rings is 1. The molecular weight excluding hydrogens is 335 g/mol. The molecule has 9 heteroatoms. The van der Waals surface area contributed by atoms with Crippen LogP contribution in [0, 0.1) is 5.82 Å². The van der Waals surface area contributed by atoms with Crippen LogP contribution in [0.25, 0.3) is 22.4 Å². The molecule has 0 bridgehead atoms. The largest absolute Gasteiger partial charge is 0.393 e. The first kappa shape index (κ1) is 15.8. The fourth-order valence-corrected chi connectivity index (χ4v) is 2.73. The molecule has 3 aromatic heterocycles. The minimum atomic E-state index is -0.409. The molecule has 8 nitrogen and oxygen atoms in total. The van der Waals surface area contributed by atoms with Gasteiger partial charge in [-0.3, -0.25) is 9.67 Å². The van der Waals surface area contributed by atoms with Gasteiger partial charge in [0.15, 0.2) is 17.5 Å². The molecule has 0 fully saturated rings. The molecule has 0 aliphatic heterocycles. The lowest BCUT2D eigenvalue weighted by Crippen LogP contribution is -2.07. The average molecular weight is 350 g/mol. The van der Waals surface area contributed by atoms with Crippen LogP contribution in [0.4, 0.5) is 21.7 Å². The second-order valence-corrected chi connectivity index (χ2v) is 5.69. The van der Waals surface area contributed by atoms with Gasteiger partial charge in [0.05, 0.1) is 12.2 Å². The lowest BCUT2D eigenvalue weighted by atomic mass is 10.2. The standard InChI is InChI=1S/C17H15FN8/c18-11-6-3-5-10-13(17-23-15(20)12(19)16(21)24-17)25-26(14(10)11)8-9-4-1-2-7-22-9/h1-7H,8,19H2,(H4,20,21,23,24). The Bertz CT molecular complexity index is 1080. The molecule has 1 aromatic carbocycles. The molecule has 0 atom stereocenters. The molecule has 4 rings (SSSR count). The third-order valence-corrected chi connectivity index (χ3v) is 3.98. The fourth-order valence-electron chi connectivity index (χ4n) is 2.73. The number of halogens is 1. The molecule has 4 aromatic rings. The summed E-state index contributed by atoms with van der Waals surface area (Å²) in [5, 5.41) is 5.03. The molecule has 0 saturated carbocycles. The van der Waals surface area contributed by atoms with Gasteiger partial charge in [0.2, 0.25) is 0 Å². The number of hydrogen-bond acceptors (Lipinski definition) is 7. The van der Waals surface area contributed by atoms with Crippen molar-refractivity contribution < 1.29 is 4.39 Å². The average Bonchev–Trinajstić information content (AvgIpc) is 3.00. The van der Waals surface area contributed by atoms with Crippen LogP contribution >= 0.6 is 0 Å². The van der Waals surface area contributed by atoms with Crippen molar-refractivity contribution in [3.05, 3.63) is 54.1 Å². The molecule has 6 N–H and O–H groups in total. The van der Waals surface area contributed by atoms with Gasteiger partial charge in [-0.2, -0.15) is 5.10 Å². The molecule has 3 heterocycles. The van der Waals surface area contributed by atoms with Crippen molar-refractivity contribution in [2.24, 2.45) is 0 Å². The zero-order valence-electron chi connectivity index (χ0n) is 13.6. The van der Waals surface area contributed by atoms with E-state index in [1.807, 2.05) is 18.2 Å². The number of fused-ring (bicyclic) bond motifs is 1. The van der Waals surface area contributed by atoms with Gasteiger partial charge in [0, 0.05) is 11.6 Å². The number of nitrogens with two attached hydrogens (primary N) is 3. The number of nitrogen functional groups attached to an aromatic ring is 3. The van der Waals surface area contributed by atoms with E-state index in [0.29, 0.717) is 16.6 Å². The lowest BCUT2D eigenvalue weighted by Gasteiger charge is -2.04. The third kappa shape index (κ3) is 2.55. The van der Waals surface area contributed by atoms with Crippen LogP contribution in [0.1, 0.15) is 5.69 Å². The summed E-state index contributed by atoms with van der Waals surface area (Å²) in [6.07, 6.45) is 1.67.